The average molecular weight is 390 g/mol. The average Bonchev–Trinajstić information content (AvgIpc) is 2.73. The molecule has 0 heterocycles. The van der Waals surface area contributed by atoms with Gasteiger partial charge in [-0.25, -0.2) is 5.48 Å². The molecule has 5 nitrogen and oxygen atoms in total. The molecule has 29 heavy (non-hydrogen) atoms. The Bertz CT molecular complexity index is 999. The van der Waals surface area contributed by atoms with Crippen LogP contribution >= 0.6 is 0 Å². The maximum absolute atomic E-state index is 12.4. The Kier molecular flexibility index (Phi) is 6.29. The van der Waals surface area contributed by atoms with Gasteiger partial charge in [0.2, 0.25) is 5.91 Å². The van der Waals surface area contributed by atoms with Gasteiger partial charge in [-0.2, -0.15) is 0 Å². The summed E-state index contributed by atoms with van der Waals surface area (Å²) in [5.74, 6) is -0.609. The molecular formula is C24H26N2O3. The summed E-state index contributed by atoms with van der Waals surface area (Å²) in [6.07, 6.45) is 0. The highest BCUT2D eigenvalue weighted by Gasteiger charge is 2.30. The van der Waals surface area contributed by atoms with E-state index in [-0.39, 0.29) is 24.5 Å². The van der Waals surface area contributed by atoms with Crippen LogP contribution in [0.4, 0.5) is 0 Å². The van der Waals surface area contributed by atoms with Crippen LogP contribution in [0.2, 0.25) is 0 Å². The maximum Gasteiger partial charge on any atom is 0.253 e. The first-order valence-corrected chi connectivity index (χ1v) is 9.64. The van der Waals surface area contributed by atoms with Crippen molar-refractivity contribution in [3.05, 3.63) is 83.9 Å². The largest absolute Gasteiger partial charge is 0.347 e. The molecule has 2 N–H and O–H groups in total. The van der Waals surface area contributed by atoms with Crippen LogP contribution in [-0.4, -0.2) is 18.4 Å². The Balaban J connectivity index is 1.51. The van der Waals surface area contributed by atoms with Crippen LogP contribution in [-0.2, 0) is 19.8 Å². The fourth-order valence-electron chi connectivity index (χ4n) is 3.12. The number of hydroxylamine groups is 1. The molecule has 0 aliphatic heterocycles. The van der Waals surface area contributed by atoms with Crippen molar-refractivity contribution in [1.29, 1.82) is 0 Å². The minimum absolute atomic E-state index is 0.174. The van der Waals surface area contributed by atoms with Crippen LogP contribution in [0.5, 0.6) is 0 Å². The number of hydrogen-bond acceptors (Lipinski definition) is 3. The highest BCUT2D eigenvalue weighted by molar-refractivity contribution is 5.87. The van der Waals surface area contributed by atoms with E-state index in [0.29, 0.717) is 0 Å². The zero-order valence-electron chi connectivity index (χ0n) is 16.9. The van der Waals surface area contributed by atoms with Crippen LogP contribution < -0.4 is 10.8 Å². The Hall–Kier alpha value is -3.18. The first-order chi connectivity index (χ1) is 13.9. The number of benzene rings is 3. The summed E-state index contributed by atoms with van der Waals surface area (Å²) >= 11 is 0. The fraction of sp³-hybridized carbons (Fsp3) is 0.250. The topological polar surface area (TPSA) is 67.4 Å². The molecule has 1 unspecified atom stereocenters. The Morgan fingerprint density at radius 2 is 1.59 bits per heavy atom. The number of amides is 2. The standard InChI is InChI=1S/C24H26N2O3/c1-17(19-14-13-18-9-7-8-10-20(18)15-19)25-22(27)16-29-26-23(28)24(2,3)21-11-5-4-6-12-21/h4-15,17H,16H2,1-3H3,(H,25,27)(H,26,28). The summed E-state index contributed by atoms with van der Waals surface area (Å²) < 4.78 is 0. The van der Waals surface area contributed by atoms with Crippen molar-refractivity contribution in [3.63, 3.8) is 0 Å². The quantitative estimate of drug-likeness (QED) is 0.598. The lowest BCUT2D eigenvalue weighted by Gasteiger charge is -2.23. The van der Waals surface area contributed by atoms with Gasteiger partial charge in [-0.15, -0.1) is 0 Å². The SMILES string of the molecule is CC(NC(=O)CONC(=O)C(C)(C)c1ccccc1)c1ccc2ccccc2c1. The van der Waals surface area contributed by atoms with Crippen molar-refractivity contribution in [2.75, 3.05) is 6.61 Å². The molecule has 0 bridgehead atoms. The van der Waals surface area contributed by atoms with Crippen LogP contribution in [0, 0.1) is 0 Å². The zero-order chi connectivity index (χ0) is 20.9. The molecule has 0 aromatic heterocycles. The predicted octanol–water partition coefficient (Wildman–Crippen LogP) is 4.04. The van der Waals surface area contributed by atoms with E-state index in [4.69, 9.17) is 4.84 Å². The Morgan fingerprint density at radius 3 is 2.31 bits per heavy atom. The van der Waals surface area contributed by atoms with E-state index < -0.39 is 5.41 Å². The van der Waals surface area contributed by atoms with Gasteiger partial charge in [0.05, 0.1) is 11.5 Å². The van der Waals surface area contributed by atoms with Crippen molar-refractivity contribution in [1.82, 2.24) is 10.8 Å². The van der Waals surface area contributed by atoms with Crippen molar-refractivity contribution >= 4 is 22.6 Å². The molecule has 1 atom stereocenters. The number of fused-ring (bicyclic) bond motifs is 1. The van der Waals surface area contributed by atoms with E-state index in [1.165, 1.54) is 0 Å². The van der Waals surface area contributed by atoms with Crippen LogP contribution in [0.25, 0.3) is 10.8 Å². The minimum atomic E-state index is -0.768. The lowest BCUT2D eigenvalue weighted by Crippen LogP contribution is -2.42. The lowest BCUT2D eigenvalue weighted by atomic mass is 9.84. The Morgan fingerprint density at radius 1 is 0.931 bits per heavy atom. The molecular weight excluding hydrogens is 364 g/mol. The molecule has 0 saturated heterocycles. The van der Waals surface area contributed by atoms with E-state index in [0.717, 1.165) is 21.9 Å². The monoisotopic (exact) mass is 390 g/mol. The second-order valence-electron chi connectivity index (χ2n) is 7.61. The number of carbonyl (C=O) groups excluding carboxylic acids is 2. The van der Waals surface area contributed by atoms with Gasteiger partial charge in [-0.1, -0.05) is 66.7 Å². The molecule has 150 valence electrons. The van der Waals surface area contributed by atoms with Gasteiger partial charge in [-0.05, 0) is 48.7 Å². The van der Waals surface area contributed by atoms with Gasteiger partial charge in [-0.3, -0.25) is 14.4 Å². The van der Waals surface area contributed by atoms with E-state index in [1.807, 2.05) is 81.4 Å². The number of nitrogens with one attached hydrogen (secondary N) is 2. The van der Waals surface area contributed by atoms with E-state index in [2.05, 4.69) is 22.9 Å². The molecule has 0 aliphatic carbocycles. The molecule has 0 aliphatic rings. The number of rotatable bonds is 7. The number of hydrogen-bond donors (Lipinski definition) is 2. The van der Waals surface area contributed by atoms with Crippen molar-refractivity contribution < 1.29 is 14.4 Å². The molecule has 2 amide bonds. The zero-order valence-corrected chi connectivity index (χ0v) is 16.9. The molecule has 0 saturated carbocycles. The van der Waals surface area contributed by atoms with Crippen LogP contribution in [0.15, 0.2) is 72.8 Å². The highest BCUT2D eigenvalue weighted by Crippen LogP contribution is 2.23. The summed E-state index contributed by atoms with van der Waals surface area (Å²) in [5.41, 5.74) is 3.50. The predicted molar refractivity (Wildman–Crippen MR) is 114 cm³/mol. The summed E-state index contributed by atoms with van der Waals surface area (Å²) in [6.45, 7) is 5.28. The number of carbonyl (C=O) groups is 2. The second kappa shape index (κ2) is 8.88. The summed E-state index contributed by atoms with van der Waals surface area (Å²) in [5, 5.41) is 5.17. The maximum atomic E-state index is 12.4. The first-order valence-electron chi connectivity index (χ1n) is 9.64. The van der Waals surface area contributed by atoms with Crippen LogP contribution in [0.3, 0.4) is 0 Å². The van der Waals surface area contributed by atoms with Gasteiger partial charge in [0, 0.05) is 0 Å². The van der Waals surface area contributed by atoms with E-state index in [1.54, 1.807) is 0 Å². The molecule has 0 spiro atoms. The molecule has 5 heteroatoms. The second-order valence-corrected chi connectivity index (χ2v) is 7.61. The van der Waals surface area contributed by atoms with Gasteiger partial charge in [0.15, 0.2) is 6.61 Å². The van der Waals surface area contributed by atoms with Gasteiger partial charge >= 0.3 is 0 Å². The van der Waals surface area contributed by atoms with Gasteiger partial charge in [0.25, 0.3) is 5.91 Å². The third kappa shape index (κ3) is 5.00. The summed E-state index contributed by atoms with van der Waals surface area (Å²) in [4.78, 5) is 29.8. The van der Waals surface area contributed by atoms with Gasteiger partial charge in [0.1, 0.15) is 0 Å². The van der Waals surface area contributed by atoms with Crippen molar-refractivity contribution in [3.8, 4) is 0 Å². The summed E-state index contributed by atoms with van der Waals surface area (Å²) in [6, 6.07) is 23.4. The minimum Gasteiger partial charge on any atom is -0.347 e. The third-order valence-corrected chi connectivity index (χ3v) is 5.08. The lowest BCUT2D eigenvalue weighted by molar-refractivity contribution is -0.143. The van der Waals surface area contributed by atoms with Gasteiger partial charge < -0.3 is 5.32 Å². The summed E-state index contributed by atoms with van der Waals surface area (Å²) in [7, 11) is 0. The fourth-order valence-corrected chi connectivity index (χ4v) is 3.12. The van der Waals surface area contributed by atoms with E-state index >= 15 is 0 Å². The third-order valence-electron chi connectivity index (χ3n) is 5.08. The highest BCUT2D eigenvalue weighted by atomic mass is 16.7. The normalized spacial score (nSPS) is 12.4. The van der Waals surface area contributed by atoms with Crippen molar-refractivity contribution in [2.24, 2.45) is 0 Å². The Labute approximate surface area is 171 Å². The molecule has 3 aromatic rings. The molecule has 0 fully saturated rings. The van der Waals surface area contributed by atoms with E-state index in [9.17, 15) is 9.59 Å². The first kappa shape index (κ1) is 20.6. The molecule has 3 aromatic carbocycles. The smallest absolute Gasteiger partial charge is 0.253 e. The van der Waals surface area contributed by atoms with Crippen molar-refractivity contribution in [2.45, 2.75) is 32.2 Å². The van der Waals surface area contributed by atoms with Crippen LogP contribution in [0.1, 0.15) is 37.9 Å². The molecule has 0 radical (unpaired) electrons. The molecule has 3 rings (SSSR count).